The molecule has 0 aliphatic heterocycles. The summed E-state index contributed by atoms with van der Waals surface area (Å²) in [5.74, 6) is 0.387. The van der Waals surface area contributed by atoms with Gasteiger partial charge in [0.25, 0.3) is 0 Å². The van der Waals surface area contributed by atoms with E-state index in [4.69, 9.17) is 9.72 Å². The molecule has 2 aromatic rings. The maximum atomic E-state index is 12.3. The molecule has 1 saturated carbocycles. The van der Waals surface area contributed by atoms with Gasteiger partial charge in [-0.15, -0.1) is 0 Å². The van der Waals surface area contributed by atoms with Crippen LogP contribution in [0.4, 0.5) is 10.5 Å². The van der Waals surface area contributed by atoms with Crippen LogP contribution in [0.3, 0.4) is 0 Å². The van der Waals surface area contributed by atoms with Gasteiger partial charge in [0.2, 0.25) is 0 Å². The average molecular weight is 545 g/mol. The molecule has 1 aromatic carbocycles. The Morgan fingerprint density at radius 3 is 2.70 bits per heavy atom. The van der Waals surface area contributed by atoms with Crippen LogP contribution in [-0.2, 0) is 17.6 Å². The molecule has 0 spiro atoms. The van der Waals surface area contributed by atoms with Crippen LogP contribution in [0.15, 0.2) is 47.6 Å². The lowest BCUT2D eigenvalue weighted by atomic mass is 9.63. The molecule has 0 unspecified atom stereocenters. The number of hydrogen-bond donors (Lipinski definition) is 3. The minimum absolute atomic E-state index is 0.326. The van der Waals surface area contributed by atoms with E-state index in [1.54, 1.807) is 0 Å². The van der Waals surface area contributed by atoms with Gasteiger partial charge in [-0.05, 0) is 95.4 Å². The number of ether oxygens (including phenoxy) is 1. The van der Waals surface area contributed by atoms with Crippen LogP contribution < -0.4 is 16.0 Å². The highest BCUT2D eigenvalue weighted by Crippen LogP contribution is 2.46. The fourth-order valence-electron chi connectivity index (χ4n) is 7.55. The van der Waals surface area contributed by atoms with Crippen molar-refractivity contribution in [3.8, 4) is 0 Å². The number of anilines is 1. The van der Waals surface area contributed by atoms with E-state index in [9.17, 15) is 4.79 Å². The SMILES string of the molecule is C/C=C1\[C@H]2C=C(C)C[C@]1(NC(=O)OC)C[C@@H](NCCCCCCCNc1c3c(nc4ccccc14)CCCC3)C2. The summed E-state index contributed by atoms with van der Waals surface area (Å²) in [6.07, 6.45) is 18.1. The zero-order valence-corrected chi connectivity index (χ0v) is 24.8. The van der Waals surface area contributed by atoms with E-state index in [0.717, 1.165) is 50.7 Å². The summed E-state index contributed by atoms with van der Waals surface area (Å²) >= 11 is 0. The van der Waals surface area contributed by atoms with Gasteiger partial charge < -0.3 is 20.7 Å². The van der Waals surface area contributed by atoms with E-state index in [-0.39, 0.29) is 11.6 Å². The highest BCUT2D eigenvalue weighted by Gasteiger charge is 2.47. The topological polar surface area (TPSA) is 75.3 Å². The number of pyridine rings is 1. The Labute approximate surface area is 240 Å². The second kappa shape index (κ2) is 13.2. The highest BCUT2D eigenvalue weighted by atomic mass is 16.5. The molecule has 1 aromatic heterocycles. The number of carbonyl (C=O) groups is 1. The Kier molecular flexibility index (Phi) is 9.46. The molecule has 1 fully saturated rings. The minimum atomic E-state index is -0.333. The van der Waals surface area contributed by atoms with Crippen molar-refractivity contribution >= 4 is 22.7 Å². The monoisotopic (exact) mass is 544 g/mol. The molecule has 2 bridgehead atoms. The van der Waals surface area contributed by atoms with Crippen molar-refractivity contribution < 1.29 is 9.53 Å². The van der Waals surface area contributed by atoms with Crippen LogP contribution in [0.5, 0.6) is 0 Å². The van der Waals surface area contributed by atoms with Gasteiger partial charge in [-0.1, -0.05) is 55.2 Å². The maximum absolute atomic E-state index is 12.3. The molecule has 3 atom stereocenters. The van der Waals surface area contributed by atoms with Crippen molar-refractivity contribution in [3.63, 3.8) is 0 Å². The van der Waals surface area contributed by atoms with Crippen molar-refractivity contribution in [1.82, 2.24) is 15.6 Å². The molecular formula is C34H48N4O2. The lowest BCUT2D eigenvalue weighted by Crippen LogP contribution is -2.59. The van der Waals surface area contributed by atoms with Gasteiger partial charge in [-0.3, -0.25) is 4.98 Å². The van der Waals surface area contributed by atoms with Crippen LogP contribution >= 0.6 is 0 Å². The lowest BCUT2D eigenvalue weighted by molar-refractivity contribution is 0.145. The molecule has 3 N–H and O–H groups in total. The third-order valence-corrected chi connectivity index (χ3v) is 9.25. The van der Waals surface area contributed by atoms with E-state index in [2.05, 4.69) is 66.2 Å². The normalized spacial score (nSPS) is 24.9. The van der Waals surface area contributed by atoms with E-state index < -0.39 is 0 Å². The van der Waals surface area contributed by atoms with Gasteiger partial charge in [-0.2, -0.15) is 0 Å². The van der Waals surface area contributed by atoms with Crippen LogP contribution in [-0.4, -0.2) is 42.9 Å². The third kappa shape index (κ3) is 6.38. The number of para-hydroxylation sites is 1. The number of methoxy groups -OCH3 is 1. The molecule has 216 valence electrons. The largest absolute Gasteiger partial charge is 0.453 e. The van der Waals surface area contributed by atoms with Crippen LogP contribution in [0.1, 0.15) is 89.3 Å². The van der Waals surface area contributed by atoms with Gasteiger partial charge in [0, 0.05) is 35.3 Å². The van der Waals surface area contributed by atoms with Gasteiger partial charge >= 0.3 is 6.09 Å². The Hall–Kier alpha value is -2.86. The number of amides is 1. The number of hydrogen-bond acceptors (Lipinski definition) is 5. The smallest absolute Gasteiger partial charge is 0.407 e. The van der Waals surface area contributed by atoms with E-state index in [1.165, 1.54) is 85.5 Å². The minimum Gasteiger partial charge on any atom is -0.453 e. The van der Waals surface area contributed by atoms with Gasteiger partial charge in [0.05, 0.1) is 18.2 Å². The first-order valence-electron chi connectivity index (χ1n) is 15.6. The number of fused-ring (bicyclic) bond motifs is 4. The fraction of sp³-hybridized carbons (Fsp3) is 0.588. The van der Waals surface area contributed by atoms with E-state index in [0.29, 0.717) is 12.0 Å². The number of aromatic nitrogens is 1. The first-order valence-corrected chi connectivity index (χ1v) is 15.6. The maximum Gasteiger partial charge on any atom is 0.407 e. The van der Waals surface area contributed by atoms with Crippen molar-refractivity contribution in [3.05, 3.63) is 58.8 Å². The summed E-state index contributed by atoms with van der Waals surface area (Å²) in [5, 5.41) is 12.1. The Morgan fingerprint density at radius 2 is 1.88 bits per heavy atom. The average Bonchev–Trinajstić information content (AvgIpc) is 2.94. The second-order valence-electron chi connectivity index (χ2n) is 12.2. The quantitative estimate of drug-likeness (QED) is 0.205. The molecule has 3 aliphatic rings. The zero-order chi connectivity index (χ0) is 28.0. The van der Waals surface area contributed by atoms with Crippen molar-refractivity contribution in [2.45, 2.75) is 102 Å². The number of alkyl carbamates (subject to hydrolysis) is 1. The molecule has 6 heteroatoms. The lowest BCUT2D eigenvalue weighted by Gasteiger charge is -2.49. The predicted molar refractivity (Wildman–Crippen MR) is 165 cm³/mol. The standard InChI is InChI=1S/C34H48N4O2/c1-4-29-25-20-24(2)22-34(29,38-33(39)40-3)23-26(21-25)35-18-12-6-5-7-13-19-36-32-27-14-8-10-16-30(27)37-31-17-11-9-15-28(31)32/h4,8,10,14,16,20,25-26,35H,5-7,9,11-13,15,17-19,21-23H2,1-3H3,(H,36,37)(H,38,39)/b29-4+/t25-,26-,34-/m0/s1. The number of allylic oxidation sites excluding steroid dienone is 2. The molecule has 40 heavy (non-hydrogen) atoms. The number of benzene rings is 1. The third-order valence-electron chi connectivity index (χ3n) is 9.25. The molecule has 1 heterocycles. The number of aryl methyl sites for hydroxylation is 1. The second-order valence-corrected chi connectivity index (χ2v) is 12.2. The fourth-order valence-corrected chi connectivity index (χ4v) is 7.55. The zero-order valence-electron chi connectivity index (χ0n) is 24.8. The Balaban J connectivity index is 1.04. The van der Waals surface area contributed by atoms with Crippen molar-refractivity contribution in [2.24, 2.45) is 5.92 Å². The van der Waals surface area contributed by atoms with Gasteiger partial charge in [0.15, 0.2) is 0 Å². The summed E-state index contributed by atoms with van der Waals surface area (Å²) in [4.78, 5) is 17.2. The molecule has 1 amide bonds. The Bertz CT molecular complexity index is 1250. The van der Waals surface area contributed by atoms with E-state index >= 15 is 0 Å². The summed E-state index contributed by atoms with van der Waals surface area (Å²) < 4.78 is 5.00. The number of carbonyl (C=O) groups excluding carboxylic acids is 1. The summed E-state index contributed by atoms with van der Waals surface area (Å²) in [6.45, 7) is 6.34. The van der Waals surface area contributed by atoms with Crippen LogP contribution in [0.25, 0.3) is 10.9 Å². The first-order chi connectivity index (χ1) is 19.5. The molecule has 0 saturated heterocycles. The Morgan fingerprint density at radius 1 is 1.10 bits per heavy atom. The molecule has 0 radical (unpaired) electrons. The summed E-state index contributed by atoms with van der Waals surface area (Å²) in [6, 6.07) is 9.00. The number of rotatable bonds is 11. The summed E-state index contributed by atoms with van der Waals surface area (Å²) in [7, 11) is 1.45. The van der Waals surface area contributed by atoms with Crippen molar-refractivity contribution in [1.29, 1.82) is 0 Å². The van der Waals surface area contributed by atoms with Crippen molar-refractivity contribution in [2.75, 3.05) is 25.5 Å². The first kappa shape index (κ1) is 28.7. The van der Waals surface area contributed by atoms with Gasteiger partial charge in [-0.25, -0.2) is 4.79 Å². The number of nitrogens with zero attached hydrogens (tertiary/aromatic N) is 1. The molecule has 5 rings (SSSR count). The predicted octanol–water partition coefficient (Wildman–Crippen LogP) is 7.24. The van der Waals surface area contributed by atoms with E-state index in [1.807, 2.05) is 0 Å². The number of unbranched alkanes of at least 4 members (excludes halogenated alkanes) is 4. The van der Waals surface area contributed by atoms with Crippen LogP contribution in [0, 0.1) is 5.92 Å². The molecule has 6 nitrogen and oxygen atoms in total. The summed E-state index contributed by atoms with van der Waals surface area (Å²) in [5.41, 5.74) is 7.60. The number of nitrogens with one attached hydrogen (secondary N) is 3. The molecule has 3 aliphatic carbocycles. The molecular weight excluding hydrogens is 496 g/mol. The van der Waals surface area contributed by atoms with Gasteiger partial charge in [0.1, 0.15) is 0 Å². The highest BCUT2D eigenvalue weighted by molar-refractivity contribution is 5.93. The van der Waals surface area contributed by atoms with Crippen LogP contribution in [0.2, 0.25) is 0 Å².